The van der Waals surface area contributed by atoms with E-state index in [4.69, 9.17) is 9.05 Å². The van der Waals surface area contributed by atoms with Crippen LogP contribution in [0.3, 0.4) is 0 Å². The molecule has 1 aromatic carbocycles. The van der Waals surface area contributed by atoms with Crippen LogP contribution in [0.15, 0.2) is 57.8 Å². The molecule has 0 N–H and O–H groups in total. The lowest BCUT2D eigenvalue weighted by atomic mass is 10.1. The van der Waals surface area contributed by atoms with Crippen LogP contribution in [0.1, 0.15) is 18.6 Å². The van der Waals surface area contributed by atoms with Gasteiger partial charge < -0.3 is 13.6 Å². The van der Waals surface area contributed by atoms with Gasteiger partial charge >= 0.3 is 0 Å². The minimum atomic E-state index is 0.631. The van der Waals surface area contributed by atoms with Gasteiger partial charge in [0.15, 0.2) is 11.6 Å². The average molecular weight is 335 g/mol. The molecule has 0 atom stereocenters. The predicted molar refractivity (Wildman–Crippen MR) is 90.5 cm³/mol. The van der Waals surface area contributed by atoms with Crippen LogP contribution < -0.4 is 0 Å². The van der Waals surface area contributed by atoms with Gasteiger partial charge in [0.2, 0.25) is 11.7 Å². The van der Waals surface area contributed by atoms with Gasteiger partial charge in [-0.05, 0) is 0 Å². The molecule has 0 amide bonds. The summed E-state index contributed by atoms with van der Waals surface area (Å²) < 4.78 is 12.6. The van der Waals surface area contributed by atoms with Crippen LogP contribution in [-0.4, -0.2) is 24.8 Å². The summed E-state index contributed by atoms with van der Waals surface area (Å²) in [5.41, 5.74) is 1.80. The van der Waals surface area contributed by atoms with Gasteiger partial charge in [-0.1, -0.05) is 47.6 Å². The second-order valence-corrected chi connectivity index (χ2v) is 5.59. The Labute approximate surface area is 144 Å². The van der Waals surface area contributed by atoms with E-state index < -0.39 is 0 Å². The largest absolute Gasteiger partial charge is 0.352 e. The van der Waals surface area contributed by atoms with Crippen molar-refractivity contribution in [3.8, 4) is 22.8 Å². The Morgan fingerprint density at radius 2 is 1.96 bits per heavy atom. The van der Waals surface area contributed by atoms with Crippen molar-refractivity contribution in [2.75, 3.05) is 0 Å². The highest BCUT2D eigenvalue weighted by Crippen LogP contribution is 2.25. The summed E-state index contributed by atoms with van der Waals surface area (Å²) in [6.07, 6.45) is 5.05. The Bertz CT molecular complexity index is 955. The molecular weight excluding hydrogens is 318 g/mol. The Morgan fingerprint density at radius 3 is 2.76 bits per heavy atom. The minimum Gasteiger partial charge on any atom is -0.352 e. The van der Waals surface area contributed by atoms with E-state index in [9.17, 15) is 0 Å². The molecular formula is C18H17N5O2. The lowest BCUT2D eigenvalue weighted by molar-refractivity contribution is 0.375. The van der Waals surface area contributed by atoms with E-state index in [0.29, 0.717) is 30.4 Å². The molecule has 3 heterocycles. The molecule has 0 spiro atoms. The molecule has 126 valence electrons. The third-order valence-corrected chi connectivity index (χ3v) is 3.90. The van der Waals surface area contributed by atoms with Crippen LogP contribution >= 0.6 is 0 Å². The number of rotatable bonds is 6. The molecule has 0 radical (unpaired) electrons. The Balaban J connectivity index is 1.52. The zero-order valence-electron chi connectivity index (χ0n) is 13.8. The Hall–Kier alpha value is -3.22. The fourth-order valence-corrected chi connectivity index (χ4v) is 2.60. The number of aryl methyl sites for hydroxylation is 3. The number of nitrogens with zero attached hydrogens (tertiary/aromatic N) is 5. The molecule has 4 rings (SSSR count). The van der Waals surface area contributed by atoms with Crippen molar-refractivity contribution in [3.05, 3.63) is 60.5 Å². The van der Waals surface area contributed by atoms with Crippen molar-refractivity contribution in [2.24, 2.45) is 0 Å². The SMILES string of the molecule is CCc1nc(CCn2ccnc2-c2cc(-c3ccccc3)no2)no1. The van der Waals surface area contributed by atoms with E-state index in [1.165, 1.54) is 0 Å². The number of hydrogen-bond acceptors (Lipinski definition) is 6. The van der Waals surface area contributed by atoms with Crippen LogP contribution in [0.4, 0.5) is 0 Å². The highest BCUT2D eigenvalue weighted by atomic mass is 16.5. The highest BCUT2D eigenvalue weighted by Gasteiger charge is 2.14. The van der Waals surface area contributed by atoms with E-state index >= 15 is 0 Å². The first kappa shape index (κ1) is 15.3. The van der Waals surface area contributed by atoms with Crippen molar-refractivity contribution in [2.45, 2.75) is 26.3 Å². The molecule has 3 aromatic heterocycles. The zero-order valence-corrected chi connectivity index (χ0v) is 13.8. The van der Waals surface area contributed by atoms with E-state index in [1.54, 1.807) is 6.20 Å². The number of imidazole rings is 1. The molecule has 0 saturated heterocycles. The van der Waals surface area contributed by atoms with Gasteiger partial charge in [-0.3, -0.25) is 0 Å². The summed E-state index contributed by atoms with van der Waals surface area (Å²) in [6.45, 7) is 2.67. The lowest BCUT2D eigenvalue weighted by Crippen LogP contribution is -2.03. The van der Waals surface area contributed by atoms with Crippen LogP contribution in [0.2, 0.25) is 0 Å². The van der Waals surface area contributed by atoms with E-state index in [-0.39, 0.29) is 0 Å². The van der Waals surface area contributed by atoms with Crippen molar-refractivity contribution in [1.29, 1.82) is 0 Å². The average Bonchev–Trinajstić information content (AvgIpc) is 3.39. The number of aromatic nitrogens is 5. The summed E-state index contributed by atoms with van der Waals surface area (Å²) in [6, 6.07) is 11.8. The molecule has 0 fully saturated rings. The molecule has 4 aromatic rings. The second-order valence-electron chi connectivity index (χ2n) is 5.59. The van der Waals surface area contributed by atoms with Gasteiger partial charge in [0, 0.05) is 43.4 Å². The molecule has 0 aliphatic carbocycles. The van der Waals surface area contributed by atoms with Crippen LogP contribution in [0.5, 0.6) is 0 Å². The van der Waals surface area contributed by atoms with Crippen molar-refractivity contribution in [1.82, 2.24) is 24.8 Å². The summed E-state index contributed by atoms with van der Waals surface area (Å²) in [5.74, 6) is 2.71. The zero-order chi connectivity index (χ0) is 17.1. The summed E-state index contributed by atoms with van der Waals surface area (Å²) in [4.78, 5) is 8.72. The maximum absolute atomic E-state index is 5.49. The van der Waals surface area contributed by atoms with Gasteiger partial charge in [0.25, 0.3) is 0 Å². The third kappa shape index (κ3) is 3.21. The fourth-order valence-electron chi connectivity index (χ4n) is 2.60. The first-order chi connectivity index (χ1) is 12.3. The lowest BCUT2D eigenvalue weighted by Gasteiger charge is -2.02. The van der Waals surface area contributed by atoms with Crippen LogP contribution in [0, 0.1) is 0 Å². The quantitative estimate of drug-likeness (QED) is 0.537. The normalized spacial score (nSPS) is 11.1. The fraction of sp³-hybridized carbons (Fsp3) is 0.222. The monoisotopic (exact) mass is 335 g/mol. The van der Waals surface area contributed by atoms with Crippen LogP contribution in [-0.2, 0) is 19.4 Å². The standard InChI is InChI=1S/C18H17N5O2/c1-2-17-20-16(22-25-17)8-10-23-11-9-19-18(23)15-12-14(21-24-15)13-6-4-3-5-7-13/h3-7,9,11-12H,2,8,10H2,1H3. The summed E-state index contributed by atoms with van der Waals surface area (Å²) in [7, 11) is 0. The minimum absolute atomic E-state index is 0.631. The third-order valence-electron chi connectivity index (χ3n) is 3.90. The number of hydrogen-bond donors (Lipinski definition) is 0. The molecule has 7 nitrogen and oxygen atoms in total. The van der Waals surface area contributed by atoms with E-state index in [2.05, 4.69) is 20.3 Å². The molecule has 0 bridgehead atoms. The molecule has 7 heteroatoms. The Kier molecular flexibility index (Phi) is 4.12. The van der Waals surface area contributed by atoms with Crippen molar-refractivity contribution >= 4 is 0 Å². The van der Waals surface area contributed by atoms with Gasteiger partial charge in [-0.2, -0.15) is 4.98 Å². The van der Waals surface area contributed by atoms with Gasteiger partial charge in [0.05, 0.1) is 0 Å². The maximum atomic E-state index is 5.49. The summed E-state index contributed by atoms with van der Waals surface area (Å²) in [5, 5.41) is 8.13. The number of benzene rings is 1. The summed E-state index contributed by atoms with van der Waals surface area (Å²) >= 11 is 0. The topological polar surface area (TPSA) is 82.8 Å². The van der Waals surface area contributed by atoms with Gasteiger partial charge in [-0.15, -0.1) is 0 Å². The predicted octanol–water partition coefficient (Wildman–Crippen LogP) is 3.39. The highest BCUT2D eigenvalue weighted by molar-refractivity contribution is 5.63. The van der Waals surface area contributed by atoms with Gasteiger partial charge in [0.1, 0.15) is 5.69 Å². The molecule has 0 aliphatic heterocycles. The van der Waals surface area contributed by atoms with Crippen molar-refractivity contribution < 1.29 is 9.05 Å². The molecule has 0 saturated carbocycles. The second kappa shape index (κ2) is 6.72. The van der Waals surface area contributed by atoms with E-state index in [1.807, 2.05) is 54.1 Å². The smallest absolute Gasteiger partial charge is 0.226 e. The first-order valence-electron chi connectivity index (χ1n) is 8.18. The van der Waals surface area contributed by atoms with E-state index in [0.717, 1.165) is 23.5 Å². The molecule has 0 aliphatic rings. The van der Waals surface area contributed by atoms with Crippen LogP contribution in [0.25, 0.3) is 22.8 Å². The molecule has 25 heavy (non-hydrogen) atoms. The maximum Gasteiger partial charge on any atom is 0.226 e. The van der Waals surface area contributed by atoms with Crippen molar-refractivity contribution in [3.63, 3.8) is 0 Å². The van der Waals surface area contributed by atoms with Gasteiger partial charge in [-0.25, -0.2) is 4.98 Å². The first-order valence-corrected chi connectivity index (χ1v) is 8.18. The Morgan fingerprint density at radius 1 is 1.08 bits per heavy atom. The molecule has 0 unspecified atom stereocenters.